The van der Waals surface area contributed by atoms with Crippen molar-refractivity contribution in [1.82, 2.24) is 4.57 Å². The smallest absolute Gasteiger partial charge is 0.342 e. The lowest BCUT2D eigenvalue weighted by molar-refractivity contribution is 0.0529. The largest absolute Gasteiger partial charge is 0.462 e. The van der Waals surface area contributed by atoms with Gasteiger partial charge in [0, 0.05) is 10.8 Å². The Morgan fingerprint density at radius 1 is 1.04 bits per heavy atom. The second-order valence-electron chi connectivity index (χ2n) is 5.00. The van der Waals surface area contributed by atoms with E-state index in [4.69, 9.17) is 10.5 Å². The Labute approximate surface area is 132 Å². The first-order valence-electron chi connectivity index (χ1n) is 7.31. The van der Waals surface area contributed by atoms with Crippen LogP contribution >= 0.6 is 0 Å². The predicted molar refractivity (Wildman–Crippen MR) is 89.9 cm³/mol. The molecule has 3 aromatic rings. The Balaban J connectivity index is 2.43. The number of nitrogen functional groups attached to an aromatic ring is 1. The van der Waals surface area contributed by atoms with Gasteiger partial charge in [0.25, 0.3) is 5.56 Å². The third kappa shape index (κ3) is 2.46. The molecule has 0 radical (unpaired) electrons. The molecule has 23 heavy (non-hydrogen) atoms. The fourth-order valence-electron chi connectivity index (χ4n) is 2.62. The van der Waals surface area contributed by atoms with E-state index in [1.54, 1.807) is 55.5 Å². The van der Waals surface area contributed by atoms with Crippen molar-refractivity contribution in [2.75, 3.05) is 12.3 Å². The summed E-state index contributed by atoms with van der Waals surface area (Å²) in [5.74, 6) is -0.454. The van der Waals surface area contributed by atoms with Crippen LogP contribution in [0.25, 0.3) is 16.5 Å². The molecular weight excluding hydrogens is 292 g/mol. The summed E-state index contributed by atoms with van der Waals surface area (Å²) in [6, 6.07) is 15.9. The Bertz CT molecular complexity index is 930. The number of carbonyl (C=O) groups excluding carboxylic acids is 1. The van der Waals surface area contributed by atoms with E-state index in [0.717, 1.165) is 0 Å². The van der Waals surface area contributed by atoms with E-state index in [2.05, 4.69) is 0 Å². The van der Waals surface area contributed by atoms with Crippen LogP contribution in [0, 0.1) is 0 Å². The Morgan fingerprint density at radius 3 is 2.30 bits per heavy atom. The second-order valence-corrected chi connectivity index (χ2v) is 5.00. The molecule has 0 atom stereocenters. The van der Waals surface area contributed by atoms with Gasteiger partial charge in [-0.2, -0.15) is 0 Å². The van der Waals surface area contributed by atoms with Gasteiger partial charge in [-0.05, 0) is 25.1 Å². The number of pyridine rings is 1. The van der Waals surface area contributed by atoms with Gasteiger partial charge in [0.2, 0.25) is 0 Å². The molecule has 1 aromatic heterocycles. The van der Waals surface area contributed by atoms with Crippen molar-refractivity contribution in [3.63, 3.8) is 0 Å². The summed E-state index contributed by atoms with van der Waals surface area (Å²) in [4.78, 5) is 25.2. The van der Waals surface area contributed by atoms with E-state index in [-0.39, 0.29) is 23.5 Å². The third-order valence-electron chi connectivity index (χ3n) is 3.62. The first kappa shape index (κ1) is 14.8. The van der Waals surface area contributed by atoms with Crippen molar-refractivity contribution < 1.29 is 9.53 Å². The summed E-state index contributed by atoms with van der Waals surface area (Å²) < 4.78 is 6.46. The highest BCUT2D eigenvalue weighted by atomic mass is 16.5. The molecule has 0 unspecified atom stereocenters. The molecule has 0 amide bonds. The Hall–Kier alpha value is -3.08. The number of esters is 1. The average Bonchev–Trinajstić information content (AvgIpc) is 2.56. The number of anilines is 1. The molecule has 5 nitrogen and oxygen atoms in total. The summed E-state index contributed by atoms with van der Waals surface area (Å²) in [6.07, 6.45) is 0. The van der Waals surface area contributed by atoms with Crippen molar-refractivity contribution in [2.45, 2.75) is 6.92 Å². The molecule has 0 saturated heterocycles. The monoisotopic (exact) mass is 308 g/mol. The predicted octanol–water partition coefficient (Wildman–Crippen LogP) is 2.75. The molecule has 0 aliphatic rings. The van der Waals surface area contributed by atoms with Crippen molar-refractivity contribution in [3.05, 3.63) is 70.5 Å². The maximum Gasteiger partial charge on any atom is 0.342 e. The first-order valence-corrected chi connectivity index (χ1v) is 7.31. The van der Waals surface area contributed by atoms with Gasteiger partial charge < -0.3 is 10.5 Å². The lowest BCUT2D eigenvalue weighted by atomic mass is 10.1. The molecule has 2 N–H and O–H groups in total. The molecule has 0 saturated carbocycles. The number of hydrogen-bond acceptors (Lipinski definition) is 4. The molecule has 2 aromatic carbocycles. The number of nitrogens with two attached hydrogens (primary N) is 1. The SMILES string of the molecule is CCOC(=O)c1c(N)n(-c2ccccc2)c(=O)c2ccccc12. The van der Waals surface area contributed by atoms with Crippen LogP contribution < -0.4 is 11.3 Å². The molecular formula is C18H16N2O3. The van der Waals surface area contributed by atoms with Crippen LogP contribution in [0.5, 0.6) is 0 Å². The molecule has 1 heterocycles. The molecule has 5 heteroatoms. The van der Waals surface area contributed by atoms with Crippen molar-refractivity contribution >= 4 is 22.6 Å². The van der Waals surface area contributed by atoms with Crippen LogP contribution in [0.3, 0.4) is 0 Å². The van der Waals surface area contributed by atoms with Gasteiger partial charge in [0.1, 0.15) is 11.4 Å². The molecule has 0 bridgehead atoms. The summed E-state index contributed by atoms with van der Waals surface area (Å²) in [7, 11) is 0. The minimum atomic E-state index is -0.536. The summed E-state index contributed by atoms with van der Waals surface area (Å²) in [5, 5.41) is 0.925. The van der Waals surface area contributed by atoms with E-state index in [0.29, 0.717) is 16.5 Å². The number of hydrogen-bond donors (Lipinski definition) is 1. The third-order valence-corrected chi connectivity index (χ3v) is 3.62. The fraction of sp³-hybridized carbons (Fsp3) is 0.111. The number of carbonyl (C=O) groups is 1. The van der Waals surface area contributed by atoms with Gasteiger partial charge in [-0.1, -0.05) is 36.4 Å². The highest BCUT2D eigenvalue weighted by Crippen LogP contribution is 2.24. The normalized spacial score (nSPS) is 10.7. The second kappa shape index (κ2) is 5.96. The minimum Gasteiger partial charge on any atom is -0.462 e. The maximum atomic E-state index is 12.8. The summed E-state index contributed by atoms with van der Waals surface area (Å²) >= 11 is 0. The number of rotatable bonds is 3. The Morgan fingerprint density at radius 2 is 1.65 bits per heavy atom. The molecule has 0 aliphatic heterocycles. The Kier molecular flexibility index (Phi) is 3.85. The number of fused-ring (bicyclic) bond motifs is 1. The molecule has 0 aliphatic carbocycles. The lowest BCUT2D eigenvalue weighted by Crippen LogP contribution is -2.25. The quantitative estimate of drug-likeness (QED) is 0.755. The number of benzene rings is 2. The number of aromatic nitrogens is 1. The number of para-hydroxylation sites is 1. The van der Waals surface area contributed by atoms with Crippen LogP contribution in [-0.4, -0.2) is 17.1 Å². The van der Waals surface area contributed by atoms with Crippen LogP contribution in [0.15, 0.2) is 59.4 Å². The summed E-state index contributed by atoms with van der Waals surface area (Å²) in [5.41, 5.74) is 6.73. The van der Waals surface area contributed by atoms with E-state index in [1.165, 1.54) is 4.57 Å². The van der Waals surface area contributed by atoms with Crippen LogP contribution in [0.1, 0.15) is 17.3 Å². The van der Waals surface area contributed by atoms with Gasteiger partial charge >= 0.3 is 5.97 Å². The lowest BCUT2D eigenvalue weighted by Gasteiger charge is -2.15. The zero-order valence-corrected chi connectivity index (χ0v) is 12.7. The molecule has 116 valence electrons. The maximum absolute atomic E-state index is 12.8. The summed E-state index contributed by atoms with van der Waals surface area (Å²) in [6.45, 7) is 1.96. The molecule has 0 fully saturated rings. The van der Waals surface area contributed by atoms with Gasteiger partial charge in [0.15, 0.2) is 0 Å². The van der Waals surface area contributed by atoms with E-state index < -0.39 is 5.97 Å². The first-order chi connectivity index (χ1) is 11.1. The van der Waals surface area contributed by atoms with Gasteiger partial charge in [-0.25, -0.2) is 4.79 Å². The van der Waals surface area contributed by atoms with Gasteiger partial charge in [0.05, 0.1) is 12.3 Å². The highest BCUT2D eigenvalue weighted by Gasteiger charge is 2.21. The average molecular weight is 308 g/mol. The molecule has 3 rings (SSSR count). The van der Waals surface area contributed by atoms with E-state index >= 15 is 0 Å². The van der Waals surface area contributed by atoms with Crippen LogP contribution in [-0.2, 0) is 4.74 Å². The van der Waals surface area contributed by atoms with Crippen molar-refractivity contribution in [1.29, 1.82) is 0 Å². The zero-order valence-electron chi connectivity index (χ0n) is 12.7. The van der Waals surface area contributed by atoms with E-state index in [9.17, 15) is 9.59 Å². The van der Waals surface area contributed by atoms with Gasteiger partial charge in [-0.3, -0.25) is 9.36 Å². The fourth-order valence-corrected chi connectivity index (χ4v) is 2.62. The number of nitrogens with zero attached hydrogens (tertiary/aromatic N) is 1. The topological polar surface area (TPSA) is 74.3 Å². The van der Waals surface area contributed by atoms with Crippen LogP contribution in [0.4, 0.5) is 5.82 Å². The zero-order chi connectivity index (χ0) is 16.4. The van der Waals surface area contributed by atoms with Crippen LogP contribution in [0.2, 0.25) is 0 Å². The minimum absolute atomic E-state index is 0.0818. The van der Waals surface area contributed by atoms with Gasteiger partial charge in [-0.15, -0.1) is 0 Å². The molecule has 0 spiro atoms. The highest BCUT2D eigenvalue weighted by molar-refractivity contribution is 6.08. The van der Waals surface area contributed by atoms with Crippen molar-refractivity contribution in [3.8, 4) is 5.69 Å². The standard InChI is InChI=1S/C18H16N2O3/c1-2-23-18(22)15-13-10-6-7-11-14(13)17(21)20(16(15)19)12-8-4-3-5-9-12/h3-11H,2,19H2,1H3. The van der Waals surface area contributed by atoms with E-state index in [1.807, 2.05) is 6.07 Å². The number of ether oxygens (including phenoxy) is 1. The van der Waals surface area contributed by atoms with Crippen molar-refractivity contribution in [2.24, 2.45) is 0 Å².